The van der Waals surface area contributed by atoms with Crippen LogP contribution < -0.4 is 5.32 Å². The molecule has 176 valence electrons. The van der Waals surface area contributed by atoms with E-state index in [0.29, 0.717) is 11.6 Å². The molecule has 1 amide bonds. The topological polar surface area (TPSA) is 184 Å². The zero-order valence-corrected chi connectivity index (χ0v) is 19.5. The van der Waals surface area contributed by atoms with Gasteiger partial charge >= 0.3 is 0 Å². The van der Waals surface area contributed by atoms with Gasteiger partial charge in [-0.25, -0.2) is 9.97 Å². The van der Waals surface area contributed by atoms with Crippen LogP contribution in [0.4, 0.5) is 5.69 Å². The number of carbonyl (C=O) groups excluding carboxylic acids is 1. The lowest BCUT2D eigenvalue weighted by atomic mass is 10.1. The highest BCUT2D eigenvalue weighted by atomic mass is 35.5. The molecule has 0 atom stereocenters. The van der Waals surface area contributed by atoms with Gasteiger partial charge in [-0.1, -0.05) is 23.2 Å². The van der Waals surface area contributed by atoms with Gasteiger partial charge in [-0.15, -0.1) is 0 Å². The summed E-state index contributed by atoms with van der Waals surface area (Å²) in [6.07, 6.45) is 0. The number of aromatic nitrogens is 2. The van der Waals surface area contributed by atoms with E-state index >= 15 is 0 Å². The van der Waals surface area contributed by atoms with E-state index in [1.54, 1.807) is 0 Å². The first-order valence-electron chi connectivity index (χ1n) is 8.94. The van der Waals surface area contributed by atoms with E-state index in [4.69, 9.17) is 23.2 Å². The summed E-state index contributed by atoms with van der Waals surface area (Å²) in [5, 5.41) is 11.7. The Morgan fingerprint density at radius 2 is 1.47 bits per heavy atom. The molecule has 0 radical (unpaired) electrons. The molecule has 0 aliphatic heterocycles. The summed E-state index contributed by atoms with van der Waals surface area (Å²) in [5.41, 5.74) is 0.144. The Hall–Kier alpha value is -3.07. The lowest BCUT2D eigenvalue weighted by molar-refractivity contribution is 0.102. The third kappa shape index (κ3) is 4.49. The number of anilines is 1. The van der Waals surface area contributed by atoms with Crippen molar-refractivity contribution < 1.29 is 35.8 Å². The molecule has 4 N–H and O–H groups in total. The molecule has 0 unspecified atom stereocenters. The van der Waals surface area contributed by atoms with Crippen molar-refractivity contribution in [2.45, 2.75) is 9.79 Å². The number of phenolic OH excluding ortho intramolecular Hbond substituents is 1. The maximum Gasteiger partial charge on any atom is 0.297 e. The zero-order valence-electron chi connectivity index (χ0n) is 16.4. The molecule has 1 aromatic heterocycles. The van der Waals surface area contributed by atoms with E-state index in [2.05, 4.69) is 15.3 Å². The number of phenols is 1. The van der Waals surface area contributed by atoms with Crippen LogP contribution in [-0.2, 0) is 20.2 Å². The van der Waals surface area contributed by atoms with Crippen LogP contribution >= 0.6 is 23.2 Å². The molecule has 1 heterocycles. The highest BCUT2D eigenvalue weighted by Gasteiger charge is 2.25. The minimum Gasteiger partial charge on any atom is -0.507 e. The average Bonchev–Trinajstić information content (AvgIpc) is 2.72. The number of amides is 1. The fourth-order valence-electron chi connectivity index (χ4n) is 3.23. The van der Waals surface area contributed by atoms with Gasteiger partial charge in [0.2, 0.25) is 0 Å². The van der Waals surface area contributed by atoms with Gasteiger partial charge in [0.05, 0.1) is 21.6 Å². The summed E-state index contributed by atoms with van der Waals surface area (Å²) >= 11 is 11.7. The van der Waals surface area contributed by atoms with Gasteiger partial charge in [0.25, 0.3) is 26.1 Å². The van der Waals surface area contributed by atoms with Gasteiger partial charge in [0.1, 0.15) is 10.6 Å². The molecule has 0 aliphatic carbocycles. The minimum atomic E-state index is -5.07. The second-order valence-corrected chi connectivity index (χ2v) is 10.4. The molecule has 4 rings (SSSR count). The summed E-state index contributed by atoms with van der Waals surface area (Å²) in [5.74, 6) is -1.51. The van der Waals surface area contributed by atoms with Gasteiger partial charge in [-0.05, 0) is 36.4 Å². The predicted molar refractivity (Wildman–Crippen MR) is 123 cm³/mol. The van der Waals surface area contributed by atoms with Crippen LogP contribution in [0.25, 0.3) is 21.8 Å². The van der Waals surface area contributed by atoms with Gasteiger partial charge in [0, 0.05) is 22.4 Å². The molecule has 15 heteroatoms. The van der Waals surface area contributed by atoms with Crippen molar-refractivity contribution in [1.82, 2.24) is 9.97 Å². The Morgan fingerprint density at radius 1 is 0.824 bits per heavy atom. The molecule has 0 fully saturated rings. The number of fused-ring (bicyclic) bond motifs is 2. The van der Waals surface area contributed by atoms with Crippen LogP contribution in [0.15, 0.2) is 52.3 Å². The summed E-state index contributed by atoms with van der Waals surface area (Å²) in [6.45, 7) is 0. The number of benzene rings is 3. The molecular formula is C19H11Cl2N3O8S2. The van der Waals surface area contributed by atoms with Gasteiger partial charge in [-0.2, -0.15) is 16.8 Å². The Balaban J connectivity index is 1.87. The Kier molecular flexibility index (Phi) is 5.88. The first-order chi connectivity index (χ1) is 15.8. The molecule has 0 aliphatic rings. The van der Waals surface area contributed by atoms with Crippen LogP contribution in [0.3, 0.4) is 0 Å². The molecule has 0 saturated carbocycles. The number of nitrogens with one attached hydrogen (secondary N) is 1. The van der Waals surface area contributed by atoms with Gasteiger partial charge in [-0.3, -0.25) is 13.9 Å². The number of aromatic hydroxyl groups is 1. The van der Waals surface area contributed by atoms with E-state index in [9.17, 15) is 35.8 Å². The predicted octanol–water partition coefficient (Wildman–Crippen LogP) is 3.54. The number of rotatable bonds is 4. The first kappa shape index (κ1) is 24.1. The fourth-order valence-corrected chi connectivity index (χ4v) is 4.87. The smallest absolute Gasteiger partial charge is 0.297 e. The SMILES string of the molecule is O=C(Nc1ccc2c(O)cc(S(=O)(=O)O)cc2c1S(=O)(=O)O)c1ccc2nc(Cl)c(Cl)nc2c1. The van der Waals surface area contributed by atoms with Crippen molar-refractivity contribution in [3.05, 3.63) is 58.3 Å². The standard InChI is InChI=1S/C19H11Cl2N3O8S2/c20-17-18(21)23-14-5-8(1-3-12(14)22-17)19(26)24-13-4-2-10-11(16(13)34(30,31)32)6-9(7-15(10)25)33(27,28)29/h1-7,25H,(H,24,26)(H,27,28,29)(H,30,31,32). The van der Waals surface area contributed by atoms with Crippen molar-refractivity contribution >= 4 is 76.8 Å². The molecule has 4 aromatic rings. The summed E-state index contributed by atoms with van der Waals surface area (Å²) < 4.78 is 66.5. The quantitative estimate of drug-likeness (QED) is 0.277. The molecule has 0 spiro atoms. The maximum atomic E-state index is 12.8. The van der Waals surface area contributed by atoms with Crippen LogP contribution in [0.5, 0.6) is 5.75 Å². The molecule has 0 saturated heterocycles. The Labute approximate surface area is 201 Å². The zero-order chi connectivity index (χ0) is 25.0. The summed E-state index contributed by atoms with van der Waals surface area (Å²) in [7, 11) is -9.91. The first-order valence-corrected chi connectivity index (χ1v) is 12.6. The van der Waals surface area contributed by atoms with E-state index in [0.717, 1.165) is 12.1 Å². The number of carbonyl (C=O) groups is 1. The molecule has 11 nitrogen and oxygen atoms in total. The lowest BCUT2D eigenvalue weighted by Crippen LogP contribution is -2.15. The lowest BCUT2D eigenvalue weighted by Gasteiger charge is -2.14. The summed E-state index contributed by atoms with van der Waals surface area (Å²) in [6, 6.07) is 7.82. The van der Waals surface area contributed by atoms with Crippen LogP contribution in [0, 0.1) is 0 Å². The maximum absolute atomic E-state index is 12.8. The van der Waals surface area contributed by atoms with E-state index in [1.807, 2.05) is 0 Å². The number of halogens is 2. The van der Waals surface area contributed by atoms with Crippen molar-refractivity contribution in [2.24, 2.45) is 0 Å². The number of nitrogens with zero attached hydrogens (tertiary/aromatic N) is 2. The second kappa shape index (κ2) is 8.30. The van der Waals surface area contributed by atoms with Crippen LogP contribution in [0.1, 0.15) is 10.4 Å². The van der Waals surface area contributed by atoms with Gasteiger partial charge in [0.15, 0.2) is 10.3 Å². The van der Waals surface area contributed by atoms with Crippen LogP contribution in [0.2, 0.25) is 10.3 Å². The van der Waals surface area contributed by atoms with E-state index in [-0.39, 0.29) is 26.8 Å². The van der Waals surface area contributed by atoms with Crippen molar-refractivity contribution in [1.29, 1.82) is 0 Å². The van der Waals surface area contributed by atoms with E-state index < -0.39 is 52.8 Å². The Bertz CT molecular complexity index is 1740. The van der Waals surface area contributed by atoms with Crippen LogP contribution in [-0.4, -0.2) is 46.9 Å². The van der Waals surface area contributed by atoms with Crippen molar-refractivity contribution in [3.63, 3.8) is 0 Å². The summed E-state index contributed by atoms with van der Waals surface area (Å²) in [4.78, 5) is 19.1. The second-order valence-electron chi connectivity index (χ2n) is 6.89. The Morgan fingerprint density at radius 3 is 2.09 bits per heavy atom. The number of hydrogen-bond donors (Lipinski definition) is 4. The highest BCUT2D eigenvalue weighted by Crippen LogP contribution is 2.37. The largest absolute Gasteiger partial charge is 0.507 e. The monoisotopic (exact) mass is 543 g/mol. The normalized spacial score (nSPS) is 12.2. The molecule has 0 bridgehead atoms. The third-order valence-corrected chi connectivity index (χ3v) is 7.10. The highest BCUT2D eigenvalue weighted by molar-refractivity contribution is 7.86. The minimum absolute atomic E-state index is 0.0103. The third-order valence-electron chi connectivity index (χ3n) is 4.69. The number of hydrogen-bond acceptors (Lipinski definition) is 8. The fraction of sp³-hybridized carbons (Fsp3) is 0. The molecular weight excluding hydrogens is 533 g/mol. The van der Waals surface area contributed by atoms with Crippen molar-refractivity contribution in [3.8, 4) is 5.75 Å². The average molecular weight is 544 g/mol. The van der Waals surface area contributed by atoms with Crippen molar-refractivity contribution in [2.75, 3.05) is 5.32 Å². The molecule has 34 heavy (non-hydrogen) atoms. The molecule has 3 aromatic carbocycles. The van der Waals surface area contributed by atoms with E-state index in [1.165, 1.54) is 24.3 Å². The van der Waals surface area contributed by atoms with Gasteiger partial charge < -0.3 is 10.4 Å².